The SMILES string of the molecule is C.C.C.C.C.C.C(CC1CO1)OCC1CO1.CCCOCC.CCOCC. The zero-order chi connectivity index (χ0) is 15.8. The molecule has 2 aliphatic rings. The first-order chi connectivity index (χ1) is 10.3. The maximum atomic E-state index is 5.30. The maximum absolute atomic E-state index is 5.30. The second-order valence-corrected chi connectivity index (χ2v) is 4.75. The molecule has 0 aromatic heterocycles. The van der Waals surface area contributed by atoms with Gasteiger partial charge in [0.15, 0.2) is 0 Å². The van der Waals surface area contributed by atoms with E-state index in [1.165, 1.54) is 0 Å². The summed E-state index contributed by atoms with van der Waals surface area (Å²) in [5.74, 6) is 0. The normalized spacial score (nSPS) is 16.9. The van der Waals surface area contributed by atoms with Crippen LogP contribution in [0.15, 0.2) is 0 Å². The van der Waals surface area contributed by atoms with Crippen molar-refractivity contribution in [2.75, 3.05) is 52.9 Å². The molecule has 2 saturated heterocycles. The van der Waals surface area contributed by atoms with Crippen LogP contribution in [0.5, 0.6) is 0 Å². The van der Waals surface area contributed by atoms with Crippen molar-refractivity contribution in [2.24, 2.45) is 0 Å². The summed E-state index contributed by atoms with van der Waals surface area (Å²) in [7, 11) is 0. The van der Waals surface area contributed by atoms with Gasteiger partial charge in [0.05, 0.1) is 25.9 Å². The first-order valence-electron chi connectivity index (χ1n) is 8.24. The Morgan fingerprint density at radius 2 is 1.07 bits per heavy atom. The Kier molecular flexibility index (Phi) is 61.8. The molecule has 0 radical (unpaired) electrons. The molecule has 2 heterocycles. The molecule has 0 aromatic carbocycles. The Morgan fingerprint density at radius 1 is 0.630 bits per heavy atom. The highest BCUT2D eigenvalue weighted by Gasteiger charge is 2.24. The van der Waals surface area contributed by atoms with Gasteiger partial charge in [-0.25, -0.2) is 0 Å². The van der Waals surface area contributed by atoms with Gasteiger partial charge in [0, 0.05) is 33.0 Å². The van der Waals surface area contributed by atoms with E-state index in [9.17, 15) is 0 Å². The average molecular weight is 403 g/mol. The molecule has 2 rings (SSSR count). The largest absolute Gasteiger partial charge is 0.382 e. The fourth-order valence-electron chi connectivity index (χ4n) is 1.32. The highest BCUT2D eigenvalue weighted by Crippen LogP contribution is 2.14. The van der Waals surface area contributed by atoms with Crippen molar-refractivity contribution in [3.05, 3.63) is 0 Å². The minimum Gasteiger partial charge on any atom is -0.382 e. The molecule has 0 spiro atoms. The Balaban J connectivity index is -0.0000000427. The van der Waals surface area contributed by atoms with Gasteiger partial charge >= 0.3 is 0 Å². The predicted octanol–water partition coefficient (Wildman–Crippen LogP) is 6.48. The van der Waals surface area contributed by atoms with Gasteiger partial charge in [-0.2, -0.15) is 0 Å². The summed E-state index contributed by atoms with van der Waals surface area (Å²) in [5, 5.41) is 0. The minimum absolute atomic E-state index is 0. The molecule has 0 aromatic rings. The van der Waals surface area contributed by atoms with Crippen LogP contribution in [0.3, 0.4) is 0 Å². The number of rotatable bonds is 10. The first-order valence-corrected chi connectivity index (χ1v) is 8.24. The second kappa shape index (κ2) is 36.7. The van der Waals surface area contributed by atoms with E-state index >= 15 is 0 Å². The van der Waals surface area contributed by atoms with Crippen molar-refractivity contribution in [1.82, 2.24) is 0 Å². The molecule has 2 atom stereocenters. The van der Waals surface area contributed by atoms with Crippen LogP contribution >= 0.6 is 0 Å². The van der Waals surface area contributed by atoms with Gasteiger partial charge in [0.2, 0.25) is 0 Å². The van der Waals surface area contributed by atoms with Crippen molar-refractivity contribution in [1.29, 1.82) is 0 Å². The lowest BCUT2D eigenvalue weighted by atomic mass is 10.3. The Labute approximate surface area is 174 Å². The molecule has 0 aliphatic carbocycles. The van der Waals surface area contributed by atoms with E-state index in [1.54, 1.807) is 0 Å². The van der Waals surface area contributed by atoms with Crippen LogP contribution in [0.2, 0.25) is 0 Å². The van der Waals surface area contributed by atoms with Crippen LogP contribution in [0.1, 0.15) is 85.1 Å². The summed E-state index contributed by atoms with van der Waals surface area (Å²) < 4.78 is 25.1. The van der Waals surface area contributed by atoms with E-state index in [0.29, 0.717) is 12.2 Å². The summed E-state index contributed by atoms with van der Waals surface area (Å²) in [4.78, 5) is 0. The summed E-state index contributed by atoms with van der Waals surface area (Å²) in [6.45, 7) is 15.0. The van der Waals surface area contributed by atoms with Crippen LogP contribution in [-0.4, -0.2) is 65.1 Å². The quantitative estimate of drug-likeness (QED) is 0.309. The zero-order valence-corrected chi connectivity index (χ0v) is 14.3. The van der Waals surface area contributed by atoms with Gasteiger partial charge in [-0.15, -0.1) is 0 Å². The highest BCUT2D eigenvalue weighted by atomic mass is 16.6. The molecule has 2 aliphatic heterocycles. The Hall–Kier alpha value is -0.200. The fourth-order valence-corrected chi connectivity index (χ4v) is 1.32. The van der Waals surface area contributed by atoms with Crippen LogP contribution in [0, 0.1) is 0 Å². The van der Waals surface area contributed by atoms with Crippen molar-refractivity contribution in [3.8, 4) is 0 Å². The van der Waals surface area contributed by atoms with Crippen molar-refractivity contribution in [2.45, 2.75) is 97.3 Å². The molecular weight excluding hydrogens is 344 g/mol. The average Bonchev–Trinajstić information content (AvgIpc) is 3.38. The monoisotopic (exact) mass is 402 g/mol. The van der Waals surface area contributed by atoms with E-state index in [-0.39, 0.29) is 44.6 Å². The molecule has 2 unspecified atom stereocenters. The van der Waals surface area contributed by atoms with Gasteiger partial charge in [-0.3, -0.25) is 0 Å². The summed E-state index contributed by atoms with van der Waals surface area (Å²) in [6, 6.07) is 0. The van der Waals surface area contributed by atoms with Crippen LogP contribution in [-0.2, 0) is 23.7 Å². The minimum atomic E-state index is 0. The lowest BCUT2D eigenvalue weighted by Gasteiger charge is -1.97. The lowest BCUT2D eigenvalue weighted by molar-refractivity contribution is 0.109. The van der Waals surface area contributed by atoms with Crippen molar-refractivity contribution < 1.29 is 23.7 Å². The number of hydrogen-bond donors (Lipinski definition) is 0. The second-order valence-electron chi connectivity index (χ2n) is 4.75. The molecule has 2 fully saturated rings. The van der Waals surface area contributed by atoms with Gasteiger partial charge < -0.3 is 23.7 Å². The van der Waals surface area contributed by atoms with Gasteiger partial charge in [0.1, 0.15) is 6.10 Å². The van der Waals surface area contributed by atoms with E-state index in [1.807, 2.05) is 20.8 Å². The Bertz CT molecular complexity index is 175. The van der Waals surface area contributed by atoms with Crippen molar-refractivity contribution in [3.63, 3.8) is 0 Å². The molecule has 0 amide bonds. The van der Waals surface area contributed by atoms with E-state index < -0.39 is 0 Å². The smallest absolute Gasteiger partial charge is 0.104 e. The topological polar surface area (TPSA) is 52.8 Å². The van der Waals surface area contributed by atoms with Crippen LogP contribution < -0.4 is 0 Å². The number of epoxide rings is 2. The number of ether oxygens (including phenoxy) is 5. The third-order valence-electron chi connectivity index (χ3n) is 2.65. The maximum Gasteiger partial charge on any atom is 0.104 e. The molecule has 27 heavy (non-hydrogen) atoms. The first kappa shape index (κ1) is 45.5. The van der Waals surface area contributed by atoms with Gasteiger partial charge in [0.25, 0.3) is 0 Å². The van der Waals surface area contributed by atoms with E-state index in [0.717, 1.165) is 65.7 Å². The van der Waals surface area contributed by atoms with Crippen LogP contribution in [0.25, 0.3) is 0 Å². The third kappa shape index (κ3) is 46.1. The molecular formula is C22H58O5. The zero-order valence-electron chi connectivity index (χ0n) is 14.3. The number of hydrogen-bond acceptors (Lipinski definition) is 5. The Morgan fingerprint density at radius 3 is 1.33 bits per heavy atom. The molecule has 176 valence electrons. The standard InChI is InChI=1S/C7H12O3.C5H12O.C4H10O.6CH4/c1(6-4-9-6)2-8-3-7-5-10-7;1-3-5-6-4-2;1-3-5-4-2;;;;;;/h6-7H,1-5H2;3-5H2,1-2H3;3-4H2,1-2H3;6*1H4. The molecule has 0 saturated carbocycles. The lowest BCUT2D eigenvalue weighted by Crippen LogP contribution is -2.04. The van der Waals surface area contributed by atoms with Crippen LogP contribution in [0.4, 0.5) is 0 Å². The van der Waals surface area contributed by atoms with E-state index in [4.69, 9.17) is 23.7 Å². The molecule has 0 N–H and O–H groups in total. The molecule has 0 bridgehead atoms. The summed E-state index contributed by atoms with van der Waals surface area (Å²) in [6.07, 6.45) is 3.08. The van der Waals surface area contributed by atoms with Gasteiger partial charge in [-0.05, 0) is 33.6 Å². The summed E-state index contributed by atoms with van der Waals surface area (Å²) in [5.41, 5.74) is 0. The molecule has 5 nitrogen and oxygen atoms in total. The summed E-state index contributed by atoms with van der Waals surface area (Å²) >= 11 is 0. The fraction of sp³-hybridized carbons (Fsp3) is 1.00. The van der Waals surface area contributed by atoms with Crippen molar-refractivity contribution >= 4 is 0 Å². The van der Waals surface area contributed by atoms with E-state index in [2.05, 4.69) is 6.92 Å². The highest BCUT2D eigenvalue weighted by molar-refractivity contribution is 4.70. The predicted molar refractivity (Wildman–Crippen MR) is 124 cm³/mol. The molecule has 5 heteroatoms. The third-order valence-corrected chi connectivity index (χ3v) is 2.65. The van der Waals surface area contributed by atoms with Gasteiger partial charge in [-0.1, -0.05) is 51.5 Å².